The van der Waals surface area contributed by atoms with Gasteiger partial charge in [-0.3, -0.25) is 4.57 Å². The van der Waals surface area contributed by atoms with Gasteiger partial charge in [0.05, 0.1) is 16.7 Å². The van der Waals surface area contributed by atoms with E-state index in [2.05, 4.69) is 4.98 Å². The number of hydrogen-bond donors (Lipinski definition) is 0. The molecule has 0 aliphatic carbocycles. The highest BCUT2D eigenvalue weighted by Gasteiger charge is 2.12. The number of imidazole rings is 1. The van der Waals surface area contributed by atoms with Crippen LogP contribution in [0.15, 0.2) is 30.6 Å². The first kappa shape index (κ1) is 13.3. The summed E-state index contributed by atoms with van der Waals surface area (Å²) < 4.78 is 31.2. The van der Waals surface area contributed by atoms with Gasteiger partial charge in [-0.15, -0.1) is 0 Å². The van der Waals surface area contributed by atoms with Crippen molar-refractivity contribution in [1.29, 1.82) is 5.26 Å². The van der Waals surface area contributed by atoms with Crippen LogP contribution < -0.4 is 4.74 Å². The number of halogens is 3. The number of ether oxygens (including phenoxy) is 1. The van der Waals surface area contributed by atoms with Gasteiger partial charge in [-0.05, 0) is 18.2 Å². The Morgan fingerprint density at radius 2 is 2.26 bits per heavy atom. The van der Waals surface area contributed by atoms with E-state index in [1.807, 2.05) is 6.07 Å². The highest BCUT2D eigenvalue weighted by atomic mass is 35.5. The minimum Gasteiger partial charge on any atom is -0.484 e. The van der Waals surface area contributed by atoms with Gasteiger partial charge in [0.25, 0.3) is 0 Å². The van der Waals surface area contributed by atoms with Crippen molar-refractivity contribution in [2.75, 3.05) is 0 Å². The fourth-order valence-corrected chi connectivity index (χ4v) is 1.70. The van der Waals surface area contributed by atoms with Crippen molar-refractivity contribution >= 4 is 11.6 Å². The number of nitrogens with zero attached hydrogens (tertiary/aromatic N) is 3. The van der Waals surface area contributed by atoms with E-state index in [-0.39, 0.29) is 17.5 Å². The Morgan fingerprint density at radius 3 is 2.89 bits per heavy atom. The van der Waals surface area contributed by atoms with Gasteiger partial charge in [0.2, 0.25) is 0 Å². The minimum atomic E-state index is -2.67. The lowest BCUT2D eigenvalue weighted by Gasteiger charge is -2.09. The lowest BCUT2D eigenvalue weighted by Crippen LogP contribution is -2.07. The normalized spacial score (nSPS) is 10.5. The summed E-state index contributed by atoms with van der Waals surface area (Å²) in [4.78, 5) is 3.78. The third-order valence-corrected chi connectivity index (χ3v) is 2.67. The molecule has 1 heterocycles. The van der Waals surface area contributed by atoms with Gasteiger partial charge in [-0.2, -0.15) is 14.0 Å². The topological polar surface area (TPSA) is 50.8 Å². The van der Waals surface area contributed by atoms with Crippen molar-refractivity contribution in [1.82, 2.24) is 9.55 Å². The molecule has 0 radical (unpaired) electrons. The molecule has 0 N–H and O–H groups in total. The van der Waals surface area contributed by atoms with Gasteiger partial charge in [0.1, 0.15) is 12.4 Å². The molecule has 2 rings (SSSR count). The number of alkyl halides is 2. The van der Waals surface area contributed by atoms with Crippen LogP contribution in [0.3, 0.4) is 0 Å². The second-order valence-corrected chi connectivity index (χ2v) is 3.98. The van der Waals surface area contributed by atoms with E-state index < -0.39 is 6.55 Å². The Morgan fingerprint density at radius 1 is 1.47 bits per heavy atom. The summed E-state index contributed by atoms with van der Waals surface area (Å²) >= 11 is 5.90. The summed E-state index contributed by atoms with van der Waals surface area (Å²) in [6, 6.07) is 6.41. The summed E-state index contributed by atoms with van der Waals surface area (Å²) in [5, 5.41) is 8.93. The molecular weight excluding hydrogens is 276 g/mol. The largest absolute Gasteiger partial charge is 0.484 e. The van der Waals surface area contributed by atoms with Gasteiger partial charge in [-0.25, -0.2) is 4.98 Å². The monoisotopic (exact) mass is 283 g/mol. The molecule has 0 spiro atoms. The fraction of sp³-hybridized carbons (Fsp3) is 0.167. The van der Waals surface area contributed by atoms with E-state index in [1.54, 1.807) is 0 Å². The molecule has 98 valence electrons. The molecule has 2 aromatic rings. The van der Waals surface area contributed by atoms with Crippen LogP contribution in [0.4, 0.5) is 8.78 Å². The van der Waals surface area contributed by atoms with Crippen molar-refractivity contribution < 1.29 is 13.5 Å². The van der Waals surface area contributed by atoms with Crippen molar-refractivity contribution in [2.45, 2.75) is 13.2 Å². The zero-order valence-corrected chi connectivity index (χ0v) is 10.3. The first-order valence-corrected chi connectivity index (χ1v) is 5.62. The summed E-state index contributed by atoms with van der Waals surface area (Å²) in [5.74, 6) is 0.403. The summed E-state index contributed by atoms with van der Waals surface area (Å²) in [6.45, 7) is -2.80. The van der Waals surface area contributed by atoms with E-state index in [0.717, 1.165) is 0 Å². The first-order chi connectivity index (χ1) is 9.11. The van der Waals surface area contributed by atoms with Gasteiger partial charge in [0.15, 0.2) is 5.82 Å². The minimum absolute atomic E-state index is 0.0930. The molecule has 0 saturated heterocycles. The molecule has 19 heavy (non-hydrogen) atoms. The highest BCUT2D eigenvalue weighted by molar-refractivity contribution is 6.32. The molecule has 4 nitrogen and oxygen atoms in total. The number of benzene rings is 1. The average Bonchev–Trinajstić information content (AvgIpc) is 2.85. The SMILES string of the molecule is N#Cc1ccc(OCc2nccn2C(F)F)c(Cl)c1. The molecule has 0 saturated carbocycles. The van der Waals surface area contributed by atoms with Gasteiger partial charge in [0, 0.05) is 12.4 Å². The molecule has 0 unspecified atom stereocenters. The van der Waals surface area contributed by atoms with Crippen LogP contribution in [-0.2, 0) is 6.61 Å². The van der Waals surface area contributed by atoms with Crippen molar-refractivity contribution in [3.05, 3.63) is 47.0 Å². The van der Waals surface area contributed by atoms with Gasteiger partial charge < -0.3 is 4.74 Å². The Kier molecular flexibility index (Phi) is 3.97. The summed E-state index contributed by atoms with van der Waals surface area (Å²) in [5.41, 5.74) is 0.395. The van der Waals surface area contributed by atoms with Crippen molar-refractivity contribution in [2.24, 2.45) is 0 Å². The average molecular weight is 284 g/mol. The first-order valence-electron chi connectivity index (χ1n) is 5.24. The maximum Gasteiger partial charge on any atom is 0.320 e. The van der Waals surface area contributed by atoms with Crippen LogP contribution in [0, 0.1) is 11.3 Å². The van der Waals surface area contributed by atoms with Crippen molar-refractivity contribution in [3.63, 3.8) is 0 Å². The van der Waals surface area contributed by atoms with Crippen LogP contribution in [0.5, 0.6) is 5.75 Å². The predicted octanol–water partition coefficient (Wildman–Crippen LogP) is 3.38. The lowest BCUT2D eigenvalue weighted by molar-refractivity contribution is 0.0632. The van der Waals surface area contributed by atoms with E-state index in [4.69, 9.17) is 21.6 Å². The Bertz CT molecular complexity index is 622. The Labute approximate surface area is 112 Å². The molecule has 0 atom stereocenters. The third-order valence-electron chi connectivity index (χ3n) is 2.38. The third kappa shape index (κ3) is 3.01. The quantitative estimate of drug-likeness (QED) is 0.864. The van der Waals surface area contributed by atoms with E-state index >= 15 is 0 Å². The molecule has 0 bridgehead atoms. The maximum atomic E-state index is 12.6. The van der Waals surface area contributed by atoms with Crippen LogP contribution in [-0.4, -0.2) is 9.55 Å². The number of nitriles is 1. The molecule has 0 aliphatic rings. The summed E-state index contributed by atoms with van der Waals surface area (Å²) in [6.07, 6.45) is 2.44. The number of hydrogen-bond acceptors (Lipinski definition) is 3. The molecule has 0 aliphatic heterocycles. The fourth-order valence-electron chi connectivity index (χ4n) is 1.46. The van der Waals surface area contributed by atoms with Crippen LogP contribution in [0.1, 0.15) is 17.9 Å². The zero-order valence-electron chi connectivity index (χ0n) is 9.55. The smallest absolute Gasteiger partial charge is 0.320 e. The molecule has 1 aromatic carbocycles. The standard InChI is InChI=1S/C12H8ClF2N3O/c13-9-5-8(6-16)1-2-10(9)19-7-11-17-3-4-18(11)12(14)15/h1-5,12H,7H2. The highest BCUT2D eigenvalue weighted by Crippen LogP contribution is 2.26. The van der Waals surface area contributed by atoms with Crippen LogP contribution in [0.25, 0.3) is 0 Å². The lowest BCUT2D eigenvalue weighted by atomic mass is 10.2. The van der Waals surface area contributed by atoms with E-state index in [9.17, 15) is 8.78 Å². The van der Waals surface area contributed by atoms with Crippen LogP contribution in [0.2, 0.25) is 5.02 Å². The van der Waals surface area contributed by atoms with Gasteiger partial charge >= 0.3 is 6.55 Å². The maximum absolute atomic E-state index is 12.6. The Balaban J connectivity index is 2.11. The second-order valence-electron chi connectivity index (χ2n) is 3.57. The molecule has 7 heteroatoms. The van der Waals surface area contributed by atoms with E-state index in [1.165, 1.54) is 30.6 Å². The van der Waals surface area contributed by atoms with Crippen LogP contribution >= 0.6 is 11.6 Å². The molecule has 0 fully saturated rings. The van der Waals surface area contributed by atoms with Crippen molar-refractivity contribution in [3.8, 4) is 11.8 Å². The molecule has 0 amide bonds. The zero-order chi connectivity index (χ0) is 13.8. The second kappa shape index (κ2) is 5.67. The number of aromatic nitrogens is 2. The predicted molar refractivity (Wildman–Crippen MR) is 64.0 cm³/mol. The molecule has 1 aromatic heterocycles. The number of rotatable bonds is 4. The van der Waals surface area contributed by atoms with Gasteiger partial charge in [-0.1, -0.05) is 11.6 Å². The van der Waals surface area contributed by atoms with E-state index in [0.29, 0.717) is 15.9 Å². The Hall–Kier alpha value is -2.13. The molecular formula is C12H8ClF2N3O. The summed E-state index contributed by atoms with van der Waals surface area (Å²) in [7, 11) is 0.